The molecule has 0 radical (unpaired) electrons. The number of likely N-dealkylation sites (tertiary alicyclic amines) is 1. The maximum absolute atomic E-state index is 6.56. The van der Waals surface area contributed by atoms with Crippen molar-refractivity contribution in [1.82, 2.24) is 10.2 Å². The van der Waals surface area contributed by atoms with Crippen LogP contribution >= 0.6 is 11.6 Å². The number of halogens is 1. The second kappa shape index (κ2) is 8.41. The van der Waals surface area contributed by atoms with Gasteiger partial charge in [0.15, 0.2) is 0 Å². The molecule has 27 heavy (non-hydrogen) atoms. The van der Waals surface area contributed by atoms with Crippen LogP contribution in [0.25, 0.3) is 10.8 Å². The van der Waals surface area contributed by atoms with Crippen molar-refractivity contribution in [1.29, 1.82) is 0 Å². The van der Waals surface area contributed by atoms with Gasteiger partial charge >= 0.3 is 0 Å². The van der Waals surface area contributed by atoms with Crippen LogP contribution in [-0.2, 0) is 0 Å². The Kier molecular flexibility index (Phi) is 5.74. The predicted molar refractivity (Wildman–Crippen MR) is 114 cm³/mol. The summed E-state index contributed by atoms with van der Waals surface area (Å²) in [6.07, 6.45) is 2.27. The first kappa shape index (κ1) is 18.5. The van der Waals surface area contributed by atoms with Crippen LogP contribution < -0.4 is 11.1 Å². The second-order valence-corrected chi connectivity index (χ2v) is 7.64. The zero-order chi connectivity index (χ0) is 18.6. The molecule has 0 saturated carbocycles. The lowest BCUT2D eigenvalue weighted by atomic mass is 10.0. The van der Waals surface area contributed by atoms with Gasteiger partial charge in [-0.1, -0.05) is 72.3 Å². The van der Waals surface area contributed by atoms with E-state index in [1.807, 2.05) is 12.1 Å². The molecule has 0 spiro atoms. The molecule has 140 valence electrons. The van der Waals surface area contributed by atoms with E-state index in [2.05, 4.69) is 64.8 Å². The van der Waals surface area contributed by atoms with Crippen molar-refractivity contribution in [3.8, 4) is 0 Å². The molecule has 0 aliphatic carbocycles. The summed E-state index contributed by atoms with van der Waals surface area (Å²) in [6, 6.07) is 23.1. The van der Waals surface area contributed by atoms with E-state index in [0.29, 0.717) is 0 Å². The average molecular weight is 380 g/mol. The molecule has 3 nitrogen and oxygen atoms in total. The summed E-state index contributed by atoms with van der Waals surface area (Å²) >= 11 is 6.52. The van der Waals surface area contributed by atoms with Crippen molar-refractivity contribution in [2.24, 2.45) is 5.73 Å². The number of nitrogens with two attached hydrogens (primary N) is 1. The zero-order valence-electron chi connectivity index (χ0n) is 15.4. The zero-order valence-corrected chi connectivity index (χ0v) is 16.2. The molecular weight excluding hydrogens is 354 g/mol. The number of nitrogens with zero attached hydrogens (tertiary/aromatic N) is 1. The molecule has 0 amide bonds. The maximum atomic E-state index is 6.56. The number of benzene rings is 3. The lowest BCUT2D eigenvalue weighted by Crippen LogP contribution is -2.38. The van der Waals surface area contributed by atoms with Gasteiger partial charge in [0.05, 0.1) is 6.17 Å². The van der Waals surface area contributed by atoms with E-state index in [4.69, 9.17) is 17.3 Å². The summed E-state index contributed by atoms with van der Waals surface area (Å²) in [7, 11) is 0. The van der Waals surface area contributed by atoms with Gasteiger partial charge in [-0.3, -0.25) is 10.2 Å². The quantitative estimate of drug-likeness (QED) is 0.600. The molecule has 3 N–H and O–H groups in total. The Hall–Kier alpha value is -1.91. The van der Waals surface area contributed by atoms with Gasteiger partial charge in [-0.25, -0.2) is 0 Å². The van der Waals surface area contributed by atoms with Crippen molar-refractivity contribution in [2.45, 2.75) is 25.0 Å². The van der Waals surface area contributed by atoms with Crippen molar-refractivity contribution in [3.05, 3.63) is 82.9 Å². The first-order chi connectivity index (χ1) is 13.2. The minimum atomic E-state index is -0.219. The Balaban J connectivity index is 1.56. The molecule has 1 heterocycles. The summed E-state index contributed by atoms with van der Waals surface area (Å²) in [5, 5.41) is 6.82. The fourth-order valence-electron chi connectivity index (χ4n) is 4.10. The maximum Gasteiger partial charge on any atom is 0.0816 e. The van der Waals surface area contributed by atoms with Crippen LogP contribution in [0.15, 0.2) is 66.7 Å². The van der Waals surface area contributed by atoms with E-state index in [9.17, 15) is 0 Å². The largest absolute Gasteiger partial charge is 0.312 e. The van der Waals surface area contributed by atoms with Crippen molar-refractivity contribution in [3.63, 3.8) is 0 Å². The number of hydrogen-bond acceptors (Lipinski definition) is 3. The molecule has 4 heteroatoms. The van der Waals surface area contributed by atoms with Crippen LogP contribution in [0.2, 0.25) is 5.02 Å². The SMILES string of the molecule is NC(NCC(c1ccccc1Cl)N1CCCC1)c1cccc2ccccc12. The van der Waals surface area contributed by atoms with E-state index in [-0.39, 0.29) is 12.2 Å². The van der Waals surface area contributed by atoms with Crippen molar-refractivity contribution < 1.29 is 0 Å². The van der Waals surface area contributed by atoms with Gasteiger partial charge in [-0.05, 0) is 53.9 Å². The monoisotopic (exact) mass is 379 g/mol. The summed E-state index contributed by atoms with van der Waals surface area (Å²) in [6.45, 7) is 3.00. The summed E-state index contributed by atoms with van der Waals surface area (Å²) in [5.41, 5.74) is 8.87. The van der Waals surface area contributed by atoms with Gasteiger partial charge in [-0.2, -0.15) is 0 Å². The molecule has 2 atom stereocenters. The van der Waals surface area contributed by atoms with E-state index in [1.54, 1.807) is 0 Å². The van der Waals surface area contributed by atoms with Gasteiger partial charge in [0.1, 0.15) is 0 Å². The molecule has 0 aromatic heterocycles. The fourth-order valence-corrected chi connectivity index (χ4v) is 4.37. The summed E-state index contributed by atoms with van der Waals surface area (Å²) < 4.78 is 0. The third-order valence-corrected chi connectivity index (χ3v) is 5.88. The molecule has 3 aromatic carbocycles. The van der Waals surface area contributed by atoms with Crippen LogP contribution in [0.4, 0.5) is 0 Å². The minimum absolute atomic E-state index is 0.219. The lowest BCUT2D eigenvalue weighted by Gasteiger charge is -2.30. The van der Waals surface area contributed by atoms with Crippen molar-refractivity contribution >= 4 is 22.4 Å². The normalized spacial score (nSPS) is 17.3. The molecule has 1 saturated heterocycles. The lowest BCUT2D eigenvalue weighted by molar-refractivity contribution is 0.233. The minimum Gasteiger partial charge on any atom is -0.312 e. The van der Waals surface area contributed by atoms with E-state index in [0.717, 1.165) is 30.2 Å². The first-order valence-electron chi connectivity index (χ1n) is 9.69. The van der Waals surface area contributed by atoms with E-state index >= 15 is 0 Å². The third kappa shape index (κ3) is 4.02. The molecule has 2 unspecified atom stereocenters. The van der Waals surface area contributed by atoms with E-state index in [1.165, 1.54) is 29.2 Å². The van der Waals surface area contributed by atoms with E-state index < -0.39 is 0 Å². The predicted octanol–water partition coefficient (Wildman–Crippen LogP) is 4.88. The van der Waals surface area contributed by atoms with Gasteiger partial charge in [0.25, 0.3) is 0 Å². The number of nitrogens with one attached hydrogen (secondary N) is 1. The molecular formula is C23H26ClN3. The Bertz CT molecular complexity index is 900. The van der Waals surface area contributed by atoms with Crippen LogP contribution in [0.5, 0.6) is 0 Å². The molecule has 1 aliphatic heterocycles. The third-order valence-electron chi connectivity index (χ3n) is 5.54. The molecule has 1 aliphatic rings. The Morgan fingerprint density at radius 1 is 0.889 bits per heavy atom. The van der Waals surface area contributed by atoms with Crippen LogP contribution in [0.1, 0.15) is 36.2 Å². The highest BCUT2D eigenvalue weighted by Crippen LogP contribution is 2.30. The molecule has 0 bridgehead atoms. The Morgan fingerprint density at radius 2 is 1.56 bits per heavy atom. The molecule has 3 aromatic rings. The van der Waals surface area contributed by atoms with Gasteiger partial charge in [0, 0.05) is 17.6 Å². The topological polar surface area (TPSA) is 41.3 Å². The average Bonchev–Trinajstić information content (AvgIpc) is 3.23. The highest BCUT2D eigenvalue weighted by Gasteiger charge is 2.25. The Morgan fingerprint density at radius 3 is 2.37 bits per heavy atom. The Labute approximate surface area is 166 Å². The molecule has 4 rings (SSSR count). The standard InChI is InChI=1S/C23H26ClN3/c24-21-13-4-3-11-20(21)22(27-14-5-6-15-27)16-26-23(25)19-12-7-9-17-8-1-2-10-18(17)19/h1-4,7-13,22-23,26H,5-6,14-16,25H2. The van der Waals surface area contributed by atoms with Crippen LogP contribution in [0.3, 0.4) is 0 Å². The molecule has 1 fully saturated rings. The van der Waals surface area contributed by atoms with Gasteiger partial charge in [0.2, 0.25) is 0 Å². The number of rotatable bonds is 6. The number of hydrogen-bond donors (Lipinski definition) is 2. The fraction of sp³-hybridized carbons (Fsp3) is 0.304. The van der Waals surface area contributed by atoms with Crippen molar-refractivity contribution in [2.75, 3.05) is 19.6 Å². The van der Waals surface area contributed by atoms with Crippen LogP contribution in [-0.4, -0.2) is 24.5 Å². The van der Waals surface area contributed by atoms with Crippen LogP contribution in [0, 0.1) is 0 Å². The van der Waals surface area contributed by atoms with Gasteiger partial charge in [-0.15, -0.1) is 0 Å². The first-order valence-corrected chi connectivity index (χ1v) is 10.1. The van der Waals surface area contributed by atoms with Gasteiger partial charge < -0.3 is 5.73 Å². The second-order valence-electron chi connectivity index (χ2n) is 7.23. The highest BCUT2D eigenvalue weighted by atomic mass is 35.5. The highest BCUT2D eigenvalue weighted by molar-refractivity contribution is 6.31. The smallest absolute Gasteiger partial charge is 0.0816 e. The number of fused-ring (bicyclic) bond motifs is 1. The summed E-state index contributed by atoms with van der Waals surface area (Å²) in [5.74, 6) is 0. The summed E-state index contributed by atoms with van der Waals surface area (Å²) in [4.78, 5) is 2.52.